The molecule has 0 radical (unpaired) electrons. The lowest BCUT2D eigenvalue weighted by atomic mass is 10.2. The zero-order valence-electron chi connectivity index (χ0n) is 15.4. The van der Waals surface area contributed by atoms with Gasteiger partial charge in [-0.25, -0.2) is 9.78 Å². The van der Waals surface area contributed by atoms with Crippen LogP contribution in [0.25, 0.3) is 0 Å². The molecule has 0 saturated carbocycles. The molecule has 0 saturated heterocycles. The smallest absolute Gasteiger partial charge is 0.339 e. The highest BCUT2D eigenvalue weighted by Gasteiger charge is 2.11. The molecule has 3 N–H and O–H groups in total. The van der Waals surface area contributed by atoms with Crippen LogP contribution >= 0.6 is 0 Å². The van der Waals surface area contributed by atoms with E-state index in [9.17, 15) is 9.59 Å². The topological polar surface area (TPSA) is 105 Å². The maximum Gasteiger partial charge on any atom is 0.339 e. The number of aromatic nitrogens is 2. The molecule has 0 atom stereocenters. The molecular formula is C20H19N5O3. The lowest BCUT2D eigenvalue weighted by Gasteiger charge is -2.11. The largest absolute Gasteiger partial charge is 0.465 e. The Morgan fingerprint density at radius 2 is 1.64 bits per heavy atom. The predicted molar refractivity (Wildman–Crippen MR) is 107 cm³/mol. The number of nitrogens with zero attached hydrogens (tertiary/aromatic N) is 2. The van der Waals surface area contributed by atoms with Crippen molar-refractivity contribution in [2.45, 2.75) is 6.92 Å². The Bertz CT molecular complexity index is 989. The van der Waals surface area contributed by atoms with Gasteiger partial charge < -0.3 is 20.7 Å². The van der Waals surface area contributed by atoms with E-state index in [1.165, 1.54) is 14.0 Å². The van der Waals surface area contributed by atoms with E-state index in [4.69, 9.17) is 4.74 Å². The van der Waals surface area contributed by atoms with Crippen molar-refractivity contribution in [3.05, 3.63) is 66.4 Å². The van der Waals surface area contributed by atoms with Crippen LogP contribution in [-0.2, 0) is 9.53 Å². The summed E-state index contributed by atoms with van der Waals surface area (Å²) in [5.74, 6) is 0.335. The van der Waals surface area contributed by atoms with Crippen molar-refractivity contribution in [3.63, 3.8) is 0 Å². The number of para-hydroxylation sites is 1. The highest BCUT2D eigenvalue weighted by Crippen LogP contribution is 2.22. The average molecular weight is 377 g/mol. The van der Waals surface area contributed by atoms with Crippen LogP contribution in [0, 0.1) is 0 Å². The molecule has 0 unspecified atom stereocenters. The van der Waals surface area contributed by atoms with Crippen LogP contribution in [0.1, 0.15) is 17.3 Å². The van der Waals surface area contributed by atoms with Gasteiger partial charge in [-0.2, -0.15) is 4.98 Å². The summed E-state index contributed by atoms with van der Waals surface area (Å²) in [4.78, 5) is 31.6. The second kappa shape index (κ2) is 8.63. The monoisotopic (exact) mass is 377 g/mol. The van der Waals surface area contributed by atoms with Crippen LogP contribution in [-0.4, -0.2) is 29.0 Å². The fourth-order valence-electron chi connectivity index (χ4n) is 2.48. The van der Waals surface area contributed by atoms with Crippen molar-refractivity contribution in [2.75, 3.05) is 23.1 Å². The summed E-state index contributed by atoms with van der Waals surface area (Å²) in [6.45, 7) is 1.46. The molecule has 0 fully saturated rings. The number of carbonyl (C=O) groups is 2. The van der Waals surface area contributed by atoms with E-state index in [0.717, 1.165) is 5.69 Å². The molecule has 0 aliphatic carbocycles. The average Bonchev–Trinajstić information content (AvgIpc) is 2.69. The van der Waals surface area contributed by atoms with Crippen LogP contribution in [0.3, 0.4) is 0 Å². The minimum Gasteiger partial charge on any atom is -0.465 e. The van der Waals surface area contributed by atoms with Crippen LogP contribution in [0.5, 0.6) is 0 Å². The summed E-state index contributed by atoms with van der Waals surface area (Å²) in [7, 11) is 1.34. The Morgan fingerprint density at radius 1 is 0.929 bits per heavy atom. The van der Waals surface area contributed by atoms with Gasteiger partial charge in [0.2, 0.25) is 11.9 Å². The SMILES string of the molecule is COC(=O)c1ccccc1Nc1ccnc(Nc2ccc(NC(C)=O)cc2)n1. The molecule has 142 valence electrons. The van der Waals surface area contributed by atoms with Crippen molar-refractivity contribution < 1.29 is 14.3 Å². The van der Waals surface area contributed by atoms with Gasteiger partial charge in [0.05, 0.1) is 18.4 Å². The molecule has 1 aromatic heterocycles. The Hall–Kier alpha value is -3.94. The van der Waals surface area contributed by atoms with Crippen molar-refractivity contribution in [2.24, 2.45) is 0 Å². The van der Waals surface area contributed by atoms with Gasteiger partial charge in [0.25, 0.3) is 0 Å². The Kier molecular flexibility index (Phi) is 5.81. The molecule has 8 heteroatoms. The summed E-state index contributed by atoms with van der Waals surface area (Å²) in [5, 5.41) is 8.90. The lowest BCUT2D eigenvalue weighted by molar-refractivity contribution is -0.114. The van der Waals surface area contributed by atoms with Gasteiger partial charge in [0.1, 0.15) is 5.82 Å². The molecule has 0 spiro atoms. The lowest BCUT2D eigenvalue weighted by Crippen LogP contribution is -2.07. The Labute approximate surface area is 162 Å². The first-order chi connectivity index (χ1) is 13.5. The molecule has 8 nitrogen and oxygen atoms in total. The van der Waals surface area contributed by atoms with E-state index >= 15 is 0 Å². The van der Waals surface area contributed by atoms with Crippen molar-refractivity contribution >= 4 is 40.7 Å². The number of hydrogen-bond donors (Lipinski definition) is 3. The zero-order chi connectivity index (χ0) is 19.9. The van der Waals surface area contributed by atoms with Gasteiger partial charge in [0, 0.05) is 24.5 Å². The second-order valence-corrected chi connectivity index (χ2v) is 5.81. The van der Waals surface area contributed by atoms with E-state index < -0.39 is 5.97 Å². The molecule has 0 bridgehead atoms. The van der Waals surface area contributed by atoms with Gasteiger partial charge in [0.15, 0.2) is 0 Å². The van der Waals surface area contributed by atoms with Crippen molar-refractivity contribution in [3.8, 4) is 0 Å². The third kappa shape index (κ3) is 4.82. The summed E-state index contributed by atoms with van der Waals surface area (Å²) >= 11 is 0. The van der Waals surface area contributed by atoms with Crippen LogP contribution in [0.2, 0.25) is 0 Å². The highest BCUT2D eigenvalue weighted by molar-refractivity contribution is 5.96. The number of benzene rings is 2. The number of amides is 1. The first-order valence-electron chi connectivity index (χ1n) is 8.47. The molecule has 3 rings (SSSR count). The molecule has 0 aliphatic heterocycles. The number of nitrogens with one attached hydrogen (secondary N) is 3. The van der Waals surface area contributed by atoms with Crippen molar-refractivity contribution in [1.82, 2.24) is 9.97 Å². The second-order valence-electron chi connectivity index (χ2n) is 5.81. The summed E-state index contributed by atoms with van der Waals surface area (Å²) < 4.78 is 4.80. The molecule has 1 heterocycles. The molecular weight excluding hydrogens is 358 g/mol. The molecule has 28 heavy (non-hydrogen) atoms. The van der Waals surface area contributed by atoms with Crippen molar-refractivity contribution in [1.29, 1.82) is 0 Å². The third-order valence-electron chi connectivity index (χ3n) is 3.71. The van der Waals surface area contributed by atoms with Crippen LogP contribution in [0.4, 0.5) is 28.8 Å². The predicted octanol–water partition coefficient (Wildman–Crippen LogP) is 3.71. The minimum absolute atomic E-state index is 0.130. The normalized spacial score (nSPS) is 10.1. The van der Waals surface area contributed by atoms with Gasteiger partial charge in [-0.15, -0.1) is 0 Å². The minimum atomic E-state index is -0.435. The number of carbonyl (C=O) groups excluding carboxylic acids is 2. The van der Waals surface area contributed by atoms with Gasteiger partial charge in [-0.3, -0.25) is 4.79 Å². The highest BCUT2D eigenvalue weighted by atomic mass is 16.5. The van der Waals surface area contributed by atoms with Crippen LogP contribution < -0.4 is 16.0 Å². The number of anilines is 5. The molecule has 3 aromatic rings. The molecule has 2 aromatic carbocycles. The van der Waals surface area contributed by atoms with E-state index in [1.54, 1.807) is 54.7 Å². The number of hydrogen-bond acceptors (Lipinski definition) is 7. The molecule has 0 aliphatic rings. The number of ether oxygens (including phenoxy) is 1. The van der Waals surface area contributed by atoms with E-state index in [0.29, 0.717) is 28.7 Å². The van der Waals surface area contributed by atoms with E-state index in [-0.39, 0.29) is 5.91 Å². The van der Waals surface area contributed by atoms with Crippen LogP contribution in [0.15, 0.2) is 60.8 Å². The summed E-state index contributed by atoms with van der Waals surface area (Å²) in [6, 6.07) is 15.9. The Morgan fingerprint density at radius 3 is 2.36 bits per heavy atom. The zero-order valence-corrected chi connectivity index (χ0v) is 15.4. The summed E-state index contributed by atoms with van der Waals surface area (Å²) in [5.41, 5.74) is 2.46. The van der Waals surface area contributed by atoms with E-state index in [1.807, 2.05) is 6.07 Å². The van der Waals surface area contributed by atoms with Gasteiger partial charge in [-0.05, 0) is 42.5 Å². The molecule has 1 amide bonds. The third-order valence-corrected chi connectivity index (χ3v) is 3.71. The number of methoxy groups -OCH3 is 1. The standard InChI is InChI=1S/C20H19N5O3/c1-13(26)22-14-7-9-15(10-8-14)23-20-21-12-11-18(25-20)24-17-6-4-3-5-16(17)19(27)28-2/h3-12H,1-2H3,(H,22,26)(H2,21,23,24,25). The fourth-order valence-corrected chi connectivity index (χ4v) is 2.48. The Balaban J connectivity index is 1.74. The first kappa shape index (κ1) is 18.8. The first-order valence-corrected chi connectivity index (χ1v) is 8.47. The summed E-state index contributed by atoms with van der Waals surface area (Å²) in [6.07, 6.45) is 1.60. The fraction of sp³-hybridized carbons (Fsp3) is 0.100. The quantitative estimate of drug-likeness (QED) is 0.562. The van der Waals surface area contributed by atoms with Gasteiger partial charge >= 0.3 is 5.97 Å². The number of esters is 1. The maximum atomic E-state index is 11.9. The number of rotatable bonds is 6. The van der Waals surface area contributed by atoms with Gasteiger partial charge in [-0.1, -0.05) is 12.1 Å². The maximum absolute atomic E-state index is 11.9. The van der Waals surface area contributed by atoms with E-state index in [2.05, 4.69) is 25.9 Å².